The minimum atomic E-state index is -1.22. The number of carbonyl (C=O) groups is 2. The molecule has 3 rings (SSSR count). The summed E-state index contributed by atoms with van der Waals surface area (Å²) < 4.78 is 37.4. The smallest absolute Gasteiger partial charge is 0.341 e. The SMILES string of the molecule is COCCOC(=O)c1c(NC(=O)c2cccc(F)c2F)sc2c1CCCC2. The van der Waals surface area contributed by atoms with E-state index in [1.807, 2.05) is 0 Å². The van der Waals surface area contributed by atoms with Gasteiger partial charge in [-0.2, -0.15) is 0 Å². The summed E-state index contributed by atoms with van der Waals surface area (Å²) >= 11 is 1.28. The van der Waals surface area contributed by atoms with Gasteiger partial charge in [0.2, 0.25) is 0 Å². The number of nitrogens with one attached hydrogen (secondary N) is 1. The lowest BCUT2D eigenvalue weighted by Gasteiger charge is -2.13. The van der Waals surface area contributed by atoms with E-state index in [2.05, 4.69) is 5.32 Å². The largest absolute Gasteiger partial charge is 0.460 e. The molecular weight excluding hydrogens is 376 g/mol. The average Bonchev–Trinajstić information content (AvgIpc) is 3.01. The highest BCUT2D eigenvalue weighted by Gasteiger charge is 2.28. The van der Waals surface area contributed by atoms with E-state index in [1.54, 1.807) is 0 Å². The summed E-state index contributed by atoms with van der Waals surface area (Å²) in [6, 6.07) is 3.39. The molecule has 1 amide bonds. The number of aryl methyl sites for hydroxylation is 1. The van der Waals surface area contributed by atoms with Crippen LogP contribution in [0.1, 0.15) is 44.0 Å². The summed E-state index contributed by atoms with van der Waals surface area (Å²) in [5.41, 5.74) is 0.750. The minimum Gasteiger partial charge on any atom is -0.460 e. The van der Waals surface area contributed by atoms with Gasteiger partial charge in [0, 0.05) is 12.0 Å². The van der Waals surface area contributed by atoms with Gasteiger partial charge in [0.05, 0.1) is 17.7 Å². The average molecular weight is 395 g/mol. The van der Waals surface area contributed by atoms with Gasteiger partial charge in [0.1, 0.15) is 11.6 Å². The molecule has 8 heteroatoms. The van der Waals surface area contributed by atoms with Gasteiger partial charge in [0.15, 0.2) is 11.6 Å². The molecule has 0 unspecified atom stereocenters. The van der Waals surface area contributed by atoms with Crippen LogP contribution >= 0.6 is 11.3 Å². The van der Waals surface area contributed by atoms with Crippen LogP contribution in [0.5, 0.6) is 0 Å². The van der Waals surface area contributed by atoms with Gasteiger partial charge < -0.3 is 14.8 Å². The molecule has 27 heavy (non-hydrogen) atoms. The number of thiophene rings is 1. The molecule has 5 nitrogen and oxygen atoms in total. The van der Waals surface area contributed by atoms with Gasteiger partial charge in [-0.3, -0.25) is 4.79 Å². The van der Waals surface area contributed by atoms with Crippen molar-refractivity contribution in [2.24, 2.45) is 0 Å². The number of halogens is 2. The maximum atomic E-state index is 13.9. The molecule has 1 N–H and O–H groups in total. The van der Waals surface area contributed by atoms with Crippen LogP contribution < -0.4 is 5.32 Å². The highest BCUT2D eigenvalue weighted by Crippen LogP contribution is 2.38. The third kappa shape index (κ3) is 4.17. The Balaban J connectivity index is 1.90. The number of rotatable bonds is 6. The molecule has 0 fully saturated rings. The monoisotopic (exact) mass is 395 g/mol. The third-order valence-corrected chi connectivity index (χ3v) is 5.53. The molecule has 0 aliphatic heterocycles. The Morgan fingerprint density at radius 1 is 1.19 bits per heavy atom. The van der Waals surface area contributed by atoms with E-state index < -0.39 is 29.1 Å². The molecule has 1 aliphatic rings. The summed E-state index contributed by atoms with van der Waals surface area (Å²) in [6.07, 6.45) is 3.46. The third-order valence-electron chi connectivity index (χ3n) is 4.32. The molecule has 1 aromatic heterocycles. The van der Waals surface area contributed by atoms with E-state index in [9.17, 15) is 18.4 Å². The van der Waals surface area contributed by atoms with Crippen LogP contribution in [0.3, 0.4) is 0 Å². The number of amides is 1. The standard InChI is InChI=1S/C19H19F2NO4S/c1-25-9-10-26-19(24)15-11-5-2-3-8-14(11)27-18(15)22-17(23)12-6-4-7-13(20)16(12)21/h4,6-7H,2-3,5,8-10H2,1H3,(H,22,23). The number of fused-ring (bicyclic) bond motifs is 1. The van der Waals surface area contributed by atoms with Crippen molar-refractivity contribution in [3.63, 3.8) is 0 Å². The van der Waals surface area contributed by atoms with Crippen molar-refractivity contribution in [1.82, 2.24) is 0 Å². The van der Waals surface area contributed by atoms with Crippen LogP contribution in [0.15, 0.2) is 18.2 Å². The van der Waals surface area contributed by atoms with Gasteiger partial charge >= 0.3 is 5.97 Å². The molecular formula is C19H19F2NO4S. The van der Waals surface area contributed by atoms with Crippen LogP contribution in [-0.2, 0) is 22.3 Å². The molecule has 0 saturated carbocycles. The van der Waals surface area contributed by atoms with Crippen molar-refractivity contribution in [2.45, 2.75) is 25.7 Å². The van der Waals surface area contributed by atoms with Crippen molar-refractivity contribution in [2.75, 3.05) is 25.6 Å². The number of carbonyl (C=O) groups excluding carboxylic acids is 2. The Morgan fingerprint density at radius 2 is 1.96 bits per heavy atom. The fourth-order valence-corrected chi connectivity index (χ4v) is 4.28. The molecule has 2 aromatic rings. The molecule has 144 valence electrons. The molecule has 1 aliphatic carbocycles. The van der Waals surface area contributed by atoms with E-state index in [0.717, 1.165) is 35.8 Å². The number of hydrogen-bond donors (Lipinski definition) is 1. The van der Waals surface area contributed by atoms with Crippen molar-refractivity contribution >= 4 is 28.2 Å². The fourth-order valence-electron chi connectivity index (χ4n) is 3.01. The van der Waals surface area contributed by atoms with Gasteiger partial charge in [-0.25, -0.2) is 13.6 Å². The number of hydrogen-bond acceptors (Lipinski definition) is 5. The van der Waals surface area contributed by atoms with Crippen molar-refractivity contribution in [1.29, 1.82) is 0 Å². The number of ether oxygens (including phenoxy) is 2. The Bertz CT molecular complexity index is 866. The zero-order valence-corrected chi connectivity index (χ0v) is 15.6. The first-order chi connectivity index (χ1) is 13.0. The van der Waals surface area contributed by atoms with Crippen LogP contribution in [0.2, 0.25) is 0 Å². The predicted octanol–water partition coefficient (Wildman–Crippen LogP) is 3.96. The molecule has 0 atom stereocenters. The number of benzene rings is 1. The first-order valence-corrected chi connectivity index (χ1v) is 9.40. The topological polar surface area (TPSA) is 64.6 Å². The Kier molecular flexibility index (Phi) is 6.18. The van der Waals surface area contributed by atoms with Gasteiger partial charge in [0.25, 0.3) is 5.91 Å². The normalized spacial score (nSPS) is 13.1. The molecule has 0 spiro atoms. The second-order valence-electron chi connectivity index (χ2n) is 6.10. The number of anilines is 1. The lowest BCUT2D eigenvalue weighted by molar-refractivity contribution is 0.0388. The summed E-state index contributed by atoms with van der Waals surface area (Å²) in [5.74, 6) is -3.69. The number of esters is 1. The Morgan fingerprint density at radius 3 is 2.74 bits per heavy atom. The molecule has 1 heterocycles. The van der Waals surface area contributed by atoms with Gasteiger partial charge in [-0.15, -0.1) is 11.3 Å². The van der Waals surface area contributed by atoms with Crippen molar-refractivity contribution in [3.8, 4) is 0 Å². The zero-order chi connectivity index (χ0) is 19.4. The van der Waals surface area contributed by atoms with Gasteiger partial charge in [-0.1, -0.05) is 6.07 Å². The van der Waals surface area contributed by atoms with Crippen LogP contribution in [0.25, 0.3) is 0 Å². The van der Waals surface area contributed by atoms with E-state index in [-0.39, 0.29) is 13.2 Å². The quantitative estimate of drug-likeness (QED) is 0.594. The van der Waals surface area contributed by atoms with Crippen molar-refractivity contribution in [3.05, 3.63) is 51.4 Å². The van der Waals surface area contributed by atoms with Crippen LogP contribution in [0, 0.1) is 11.6 Å². The summed E-state index contributed by atoms with van der Waals surface area (Å²) in [6.45, 7) is 0.347. The lowest BCUT2D eigenvalue weighted by Crippen LogP contribution is -2.18. The highest BCUT2D eigenvalue weighted by molar-refractivity contribution is 7.17. The highest BCUT2D eigenvalue weighted by atomic mass is 32.1. The maximum Gasteiger partial charge on any atom is 0.341 e. The summed E-state index contributed by atoms with van der Waals surface area (Å²) in [7, 11) is 1.50. The van der Waals surface area contributed by atoms with E-state index in [4.69, 9.17) is 9.47 Å². The predicted molar refractivity (Wildman–Crippen MR) is 97.4 cm³/mol. The molecule has 1 aromatic carbocycles. The van der Waals surface area contributed by atoms with Crippen LogP contribution in [-0.4, -0.2) is 32.2 Å². The molecule has 0 saturated heterocycles. The summed E-state index contributed by atoms with van der Waals surface area (Å²) in [4.78, 5) is 26.0. The second-order valence-corrected chi connectivity index (χ2v) is 7.20. The van der Waals surface area contributed by atoms with Crippen LogP contribution in [0.4, 0.5) is 13.8 Å². The fraction of sp³-hybridized carbons (Fsp3) is 0.368. The Hall–Kier alpha value is -2.32. The van der Waals surface area contributed by atoms with Crippen molar-refractivity contribution < 1.29 is 27.8 Å². The molecule has 0 radical (unpaired) electrons. The van der Waals surface area contributed by atoms with Gasteiger partial charge in [-0.05, 0) is 43.4 Å². The van der Waals surface area contributed by atoms with E-state index in [0.29, 0.717) is 17.0 Å². The second kappa shape index (κ2) is 8.58. The minimum absolute atomic E-state index is 0.0892. The van der Waals surface area contributed by atoms with E-state index in [1.165, 1.54) is 30.6 Å². The number of methoxy groups -OCH3 is 1. The maximum absolute atomic E-state index is 13.9. The van der Waals surface area contributed by atoms with E-state index >= 15 is 0 Å². The first kappa shape index (κ1) is 19.4. The zero-order valence-electron chi connectivity index (χ0n) is 14.8. The Labute approximate surface area is 159 Å². The molecule has 0 bridgehead atoms. The lowest BCUT2D eigenvalue weighted by atomic mass is 9.95. The first-order valence-electron chi connectivity index (χ1n) is 8.59. The summed E-state index contributed by atoms with van der Waals surface area (Å²) in [5, 5.41) is 2.87.